The lowest BCUT2D eigenvalue weighted by molar-refractivity contribution is 0.187. The van der Waals surface area contributed by atoms with Crippen molar-refractivity contribution in [3.05, 3.63) is 0 Å². The summed E-state index contributed by atoms with van der Waals surface area (Å²) in [7, 11) is 0. The number of hydrazine groups is 1. The third-order valence-electron chi connectivity index (χ3n) is 0.779. The Labute approximate surface area is 53.2 Å². The van der Waals surface area contributed by atoms with Crippen LogP contribution >= 0.6 is 0 Å². The summed E-state index contributed by atoms with van der Waals surface area (Å²) in [5.41, 5.74) is 9.60. The Hall–Kier alpha value is -0.810. The highest BCUT2D eigenvalue weighted by atomic mass is 16.4. The Morgan fingerprint density at radius 3 is 2.78 bits per heavy atom. The van der Waals surface area contributed by atoms with Crippen LogP contribution in [0.15, 0.2) is 0 Å². The van der Waals surface area contributed by atoms with Gasteiger partial charge in [-0.3, -0.25) is 5.43 Å². The van der Waals surface area contributed by atoms with E-state index in [9.17, 15) is 4.79 Å². The van der Waals surface area contributed by atoms with Crippen LogP contribution < -0.4 is 16.6 Å². The monoisotopic (exact) mass is 133 g/mol. The number of hydrogen-bond acceptors (Lipinski definition) is 3. The summed E-state index contributed by atoms with van der Waals surface area (Å²) in [5.74, 6) is 0. The van der Waals surface area contributed by atoms with Crippen molar-refractivity contribution in [3.63, 3.8) is 0 Å². The number of carboxylic acid groups (broad SMARTS) is 1. The number of carbonyl (C=O) groups is 1. The van der Waals surface area contributed by atoms with Crippen molar-refractivity contribution in [2.24, 2.45) is 5.73 Å². The summed E-state index contributed by atoms with van der Waals surface area (Å²) in [6.45, 7) is 2.18. The average Bonchev–Trinajstić information content (AvgIpc) is 1.83. The average molecular weight is 133 g/mol. The van der Waals surface area contributed by atoms with E-state index in [0.717, 1.165) is 0 Å². The summed E-state index contributed by atoms with van der Waals surface area (Å²) in [6.07, 6.45) is -1.10. The molecular formula is C4H11N3O2. The summed E-state index contributed by atoms with van der Waals surface area (Å²) < 4.78 is 0. The summed E-state index contributed by atoms with van der Waals surface area (Å²) in [6, 6.07) is -0.0268. The molecule has 5 N–H and O–H groups in total. The fraction of sp³-hybridized carbons (Fsp3) is 0.750. The molecule has 0 heterocycles. The molecule has 5 nitrogen and oxygen atoms in total. The van der Waals surface area contributed by atoms with Gasteiger partial charge in [-0.15, -0.1) is 0 Å². The number of amides is 1. The first-order valence-corrected chi connectivity index (χ1v) is 2.61. The maximum absolute atomic E-state index is 9.81. The highest BCUT2D eigenvalue weighted by Crippen LogP contribution is 1.69. The van der Waals surface area contributed by atoms with Gasteiger partial charge in [0.05, 0.1) is 0 Å². The van der Waals surface area contributed by atoms with Gasteiger partial charge in [0, 0.05) is 12.6 Å². The van der Waals surface area contributed by atoms with Crippen LogP contribution in [0.3, 0.4) is 0 Å². The van der Waals surface area contributed by atoms with Gasteiger partial charge in [0.25, 0.3) is 0 Å². The minimum atomic E-state index is -1.10. The first-order chi connectivity index (χ1) is 4.16. The predicted molar refractivity (Wildman–Crippen MR) is 32.8 cm³/mol. The van der Waals surface area contributed by atoms with E-state index in [2.05, 4.69) is 5.43 Å². The molecule has 1 atom stereocenters. The molecule has 0 radical (unpaired) electrons. The van der Waals surface area contributed by atoms with E-state index < -0.39 is 6.09 Å². The molecule has 0 unspecified atom stereocenters. The highest BCUT2D eigenvalue weighted by molar-refractivity contribution is 5.63. The van der Waals surface area contributed by atoms with Crippen LogP contribution in [0, 0.1) is 0 Å². The van der Waals surface area contributed by atoms with E-state index in [1.165, 1.54) is 0 Å². The largest absolute Gasteiger partial charge is 0.464 e. The third-order valence-corrected chi connectivity index (χ3v) is 0.779. The van der Waals surface area contributed by atoms with Gasteiger partial charge in [-0.1, -0.05) is 0 Å². The summed E-state index contributed by atoms with van der Waals surface area (Å²) in [4.78, 5) is 9.81. The van der Waals surface area contributed by atoms with Crippen molar-refractivity contribution in [2.75, 3.05) is 6.54 Å². The van der Waals surface area contributed by atoms with Crippen molar-refractivity contribution in [1.29, 1.82) is 0 Å². The maximum atomic E-state index is 9.81. The molecule has 0 aromatic rings. The van der Waals surface area contributed by atoms with Gasteiger partial charge in [0.2, 0.25) is 0 Å². The number of rotatable bonds is 3. The minimum absolute atomic E-state index is 0.0268. The zero-order chi connectivity index (χ0) is 7.28. The number of nitrogens with one attached hydrogen (secondary N) is 2. The van der Waals surface area contributed by atoms with Crippen LogP contribution in [0.1, 0.15) is 6.92 Å². The van der Waals surface area contributed by atoms with E-state index in [4.69, 9.17) is 10.8 Å². The van der Waals surface area contributed by atoms with Crippen molar-refractivity contribution >= 4 is 6.09 Å². The molecular weight excluding hydrogens is 122 g/mol. The van der Waals surface area contributed by atoms with E-state index in [1.807, 2.05) is 5.43 Å². The smallest absolute Gasteiger partial charge is 0.419 e. The molecule has 5 heteroatoms. The SMILES string of the molecule is C[C@@H](CN)NNC(=O)O. The molecule has 0 saturated carbocycles. The second-order valence-electron chi connectivity index (χ2n) is 1.71. The topological polar surface area (TPSA) is 87.4 Å². The fourth-order valence-corrected chi connectivity index (χ4v) is 0.244. The Bertz CT molecular complexity index is 95.8. The van der Waals surface area contributed by atoms with Crippen LogP contribution in [0.25, 0.3) is 0 Å². The molecule has 0 aromatic heterocycles. The quantitative estimate of drug-likeness (QED) is 0.376. The fourth-order valence-electron chi connectivity index (χ4n) is 0.244. The van der Waals surface area contributed by atoms with Crippen LogP contribution in [0.2, 0.25) is 0 Å². The normalized spacial score (nSPS) is 12.7. The van der Waals surface area contributed by atoms with Crippen LogP contribution in [0.5, 0.6) is 0 Å². The molecule has 54 valence electrons. The van der Waals surface area contributed by atoms with Crippen LogP contribution in [-0.2, 0) is 0 Å². The van der Waals surface area contributed by atoms with Gasteiger partial charge in [0.15, 0.2) is 0 Å². The zero-order valence-electron chi connectivity index (χ0n) is 5.22. The van der Waals surface area contributed by atoms with E-state index >= 15 is 0 Å². The Balaban J connectivity index is 3.16. The van der Waals surface area contributed by atoms with Gasteiger partial charge in [0.1, 0.15) is 0 Å². The van der Waals surface area contributed by atoms with Crippen LogP contribution in [-0.4, -0.2) is 23.8 Å². The maximum Gasteiger partial charge on any atom is 0.419 e. The van der Waals surface area contributed by atoms with Gasteiger partial charge < -0.3 is 10.8 Å². The molecule has 1 amide bonds. The van der Waals surface area contributed by atoms with Gasteiger partial charge in [-0.25, -0.2) is 10.2 Å². The summed E-state index contributed by atoms with van der Waals surface area (Å²) >= 11 is 0. The Morgan fingerprint density at radius 2 is 2.44 bits per heavy atom. The van der Waals surface area contributed by atoms with Gasteiger partial charge in [-0.2, -0.15) is 0 Å². The molecule has 0 aliphatic rings. The first-order valence-electron chi connectivity index (χ1n) is 2.61. The second-order valence-corrected chi connectivity index (χ2v) is 1.71. The molecule has 0 aliphatic carbocycles. The molecule has 0 fully saturated rings. The lowest BCUT2D eigenvalue weighted by atomic mass is 10.4. The Morgan fingerprint density at radius 1 is 1.89 bits per heavy atom. The Kier molecular flexibility index (Phi) is 3.74. The first kappa shape index (κ1) is 8.19. The zero-order valence-corrected chi connectivity index (χ0v) is 5.22. The van der Waals surface area contributed by atoms with Crippen molar-refractivity contribution in [3.8, 4) is 0 Å². The van der Waals surface area contributed by atoms with Gasteiger partial charge in [-0.05, 0) is 6.92 Å². The summed E-state index contributed by atoms with van der Waals surface area (Å²) in [5, 5.41) is 8.04. The third kappa shape index (κ3) is 5.05. The number of nitrogens with two attached hydrogens (primary N) is 1. The molecule has 0 saturated heterocycles. The second kappa shape index (κ2) is 4.11. The van der Waals surface area contributed by atoms with Crippen molar-refractivity contribution in [2.45, 2.75) is 13.0 Å². The van der Waals surface area contributed by atoms with Crippen LogP contribution in [0.4, 0.5) is 4.79 Å². The standard InChI is InChI=1S/C4H11N3O2/c1-3(2-5)6-7-4(8)9/h3,6-7H,2,5H2,1H3,(H,8,9)/t3-/m0/s1. The minimum Gasteiger partial charge on any atom is -0.464 e. The van der Waals surface area contributed by atoms with Crippen molar-refractivity contribution in [1.82, 2.24) is 10.9 Å². The van der Waals surface area contributed by atoms with E-state index in [1.54, 1.807) is 6.92 Å². The highest BCUT2D eigenvalue weighted by Gasteiger charge is 1.97. The van der Waals surface area contributed by atoms with E-state index in [0.29, 0.717) is 6.54 Å². The molecule has 9 heavy (non-hydrogen) atoms. The molecule has 0 aliphatic heterocycles. The van der Waals surface area contributed by atoms with E-state index in [-0.39, 0.29) is 6.04 Å². The molecule has 0 bridgehead atoms. The van der Waals surface area contributed by atoms with Crippen molar-refractivity contribution < 1.29 is 9.90 Å². The lowest BCUT2D eigenvalue weighted by Crippen LogP contribution is -2.45. The molecule has 0 spiro atoms. The predicted octanol–water partition coefficient (Wildman–Crippen LogP) is -0.894. The number of hydrogen-bond donors (Lipinski definition) is 4. The van der Waals surface area contributed by atoms with Gasteiger partial charge >= 0.3 is 6.09 Å². The molecule has 0 rings (SSSR count). The lowest BCUT2D eigenvalue weighted by Gasteiger charge is -2.08. The molecule has 0 aromatic carbocycles.